The third kappa shape index (κ3) is 4.51. The monoisotopic (exact) mass is 411 g/mol. The van der Waals surface area contributed by atoms with Gasteiger partial charge in [-0.05, 0) is 23.8 Å². The van der Waals surface area contributed by atoms with E-state index in [-0.39, 0.29) is 15.8 Å². The molecule has 10 heteroatoms. The fraction of sp³-hybridized carbons (Fsp3) is 0.125. The summed E-state index contributed by atoms with van der Waals surface area (Å²) in [5.41, 5.74) is 1.12. The molecule has 2 aromatic carbocycles. The quantitative estimate of drug-likeness (QED) is 0.596. The van der Waals surface area contributed by atoms with Gasteiger partial charge in [0.15, 0.2) is 4.34 Å². The van der Waals surface area contributed by atoms with E-state index in [4.69, 9.17) is 4.74 Å². The Bertz CT molecular complexity index is 994. The van der Waals surface area contributed by atoms with Gasteiger partial charge < -0.3 is 4.74 Å². The molecule has 0 saturated heterocycles. The second kappa shape index (κ2) is 8.02. The third-order valence-corrected chi connectivity index (χ3v) is 6.78. The van der Waals surface area contributed by atoms with Gasteiger partial charge in [0, 0.05) is 5.75 Å². The summed E-state index contributed by atoms with van der Waals surface area (Å²) in [5, 5.41) is 7.91. The molecule has 1 heterocycles. The average molecular weight is 412 g/mol. The lowest BCUT2D eigenvalue weighted by molar-refractivity contribution is 0.401. The first-order chi connectivity index (χ1) is 12.5. The lowest BCUT2D eigenvalue weighted by Crippen LogP contribution is -2.14. The minimum atomic E-state index is -4.05. The Labute approximate surface area is 158 Å². The predicted octanol–water partition coefficient (Wildman–Crippen LogP) is 3.78. The molecule has 0 unspecified atom stereocenters. The highest BCUT2D eigenvalue weighted by Crippen LogP contribution is 2.31. The Morgan fingerprint density at radius 2 is 1.96 bits per heavy atom. The van der Waals surface area contributed by atoms with Gasteiger partial charge >= 0.3 is 0 Å². The zero-order valence-corrected chi connectivity index (χ0v) is 16.0. The fourth-order valence-electron chi connectivity index (χ4n) is 2.06. The smallest absolute Gasteiger partial charge is 0.267 e. The number of methoxy groups -OCH3 is 1. The van der Waals surface area contributed by atoms with Gasteiger partial charge in [-0.1, -0.05) is 53.4 Å². The van der Waals surface area contributed by atoms with Crippen molar-refractivity contribution in [2.45, 2.75) is 15.0 Å². The molecule has 0 saturated carbocycles. The van der Waals surface area contributed by atoms with Gasteiger partial charge in [-0.15, -0.1) is 10.2 Å². The third-order valence-electron chi connectivity index (χ3n) is 3.25. The number of nitrogens with zero attached hydrogens (tertiary/aromatic N) is 2. The molecule has 0 radical (unpaired) electrons. The highest BCUT2D eigenvalue weighted by atomic mass is 32.2. The van der Waals surface area contributed by atoms with E-state index in [0.717, 1.165) is 29.0 Å². The van der Waals surface area contributed by atoms with Gasteiger partial charge in [0.05, 0.1) is 7.11 Å². The van der Waals surface area contributed by atoms with Crippen LogP contribution in [0, 0.1) is 5.82 Å². The van der Waals surface area contributed by atoms with Crippen molar-refractivity contribution in [1.29, 1.82) is 0 Å². The van der Waals surface area contributed by atoms with Crippen LogP contribution in [0.5, 0.6) is 5.75 Å². The van der Waals surface area contributed by atoms with Crippen molar-refractivity contribution in [1.82, 2.24) is 10.2 Å². The zero-order valence-electron chi connectivity index (χ0n) is 13.5. The van der Waals surface area contributed by atoms with Crippen LogP contribution in [0.4, 0.5) is 9.52 Å². The summed E-state index contributed by atoms with van der Waals surface area (Å²) in [6.07, 6.45) is 0. The normalized spacial score (nSPS) is 11.3. The van der Waals surface area contributed by atoms with E-state index in [1.807, 2.05) is 30.3 Å². The molecular weight excluding hydrogens is 397 g/mol. The molecule has 136 valence electrons. The molecule has 0 aliphatic carbocycles. The standard InChI is InChI=1S/C16H14FN3O3S3/c1-23-13-8-7-12(17)9-14(13)26(21,22)20-15-18-19-16(25-15)24-10-11-5-3-2-4-6-11/h2-9H,10H2,1H3,(H,18,20). The molecule has 26 heavy (non-hydrogen) atoms. The summed E-state index contributed by atoms with van der Waals surface area (Å²) >= 11 is 2.56. The van der Waals surface area contributed by atoms with Crippen molar-refractivity contribution in [3.63, 3.8) is 0 Å². The number of rotatable bonds is 7. The molecule has 3 aromatic rings. The predicted molar refractivity (Wildman–Crippen MR) is 99.7 cm³/mol. The Kier molecular flexibility index (Phi) is 5.74. The first-order valence-electron chi connectivity index (χ1n) is 7.34. The number of thioether (sulfide) groups is 1. The number of halogens is 1. The van der Waals surface area contributed by atoms with E-state index in [2.05, 4.69) is 14.9 Å². The lowest BCUT2D eigenvalue weighted by atomic mass is 10.2. The van der Waals surface area contributed by atoms with Gasteiger partial charge in [0.2, 0.25) is 5.13 Å². The molecule has 0 bridgehead atoms. The van der Waals surface area contributed by atoms with Gasteiger partial charge in [0.1, 0.15) is 16.5 Å². The molecule has 0 atom stereocenters. The molecule has 3 rings (SSSR count). The summed E-state index contributed by atoms with van der Waals surface area (Å²) in [6.45, 7) is 0. The van der Waals surface area contributed by atoms with Crippen LogP contribution in [0.3, 0.4) is 0 Å². The van der Waals surface area contributed by atoms with E-state index in [0.29, 0.717) is 10.1 Å². The first kappa shape index (κ1) is 18.6. The number of benzene rings is 2. The van der Waals surface area contributed by atoms with Crippen molar-refractivity contribution >= 4 is 38.3 Å². The maximum absolute atomic E-state index is 13.4. The number of anilines is 1. The van der Waals surface area contributed by atoms with Gasteiger partial charge in [-0.3, -0.25) is 4.72 Å². The lowest BCUT2D eigenvalue weighted by Gasteiger charge is -2.09. The van der Waals surface area contributed by atoms with Gasteiger partial charge in [-0.2, -0.15) is 0 Å². The van der Waals surface area contributed by atoms with Crippen molar-refractivity contribution < 1.29 is 17.5 Å². The van der Waals surface area contributed by atoms with Crippen LogP contribution in [0.15, 0.2) is 57.8 Å². The largest absolute Gasteiger partial charge is 0.495 e. The summed E-state index contributed by atoms with van der Waals surface area (Å²) in [4.78, 5) is -0.298. The molecule has 0 spiro atoms. The molecule has 0 amide bonds. The summed E-state index contributed by atoms with van der Waals surface area (Å²) in [7, 11) is -2.73. The molecule has 0 aliphatic heterocycles. The van der Waals surface area contributed by atoms with E-state index in [9.17, 15) is 12.8 Å². The Morgan fingerprint density at radius 3 is 2.69 bits per heavy atom. The van der Waals surface area contributed by atoms with Gasteiger partial charge in [-0.25, -0.2) is 12.8 Å². The van der Waals surface area contributed by atoms with Crippen LogP contribution in [0.25, 0.3) is 0 Å². The number of aromatic nitrogens is 2. The number of nitrogens with one attached hydrogen (secondary N) is 1. The number of hydrogen-bond donors (Lipinski definition) is 1. The molecular formula is C16H14FN3O3S3. The zero-order chi connectivity index (χ0) is 18.6. The SMILES string of the molecule is COc1ccc(F)cc1S(=O)(=O)Nc1nnc(SCc2ccccc2)s1. The van der Waals surface area contributed by atoms with Crippen molar-refractivity contribution in [2.24, 2.45) is 0 Å². The number of ether oxygens (including phenoxy) is 1. The highest BCUT2D eigenvalue weighted by molar-refractivity contribution is 8.00. The van der Waals surface area contributed by atoms with Crippen LogP contribution in [-0.2, 0) is 15.8 Å². The van der Waals surface area contributed by atoms with Crippen LogP contribution < -0.4 is 9.46 Å². The van der Waals surface area contributed by atoms with Crippen molar-refractivity contribution in [3.8, 4) is 5.75 Å². The van der Waals surface area contributed by atoms with Crippen LogP contribution >= 0.6 is 23.1 Å². The Hall–Kier alpha value is -2.17. The van der Waals surface area contributed by atoms with Crippen molar-refractivity contribution in [3.05, 3.63) is 59.9 Å². The second-order valence-corrected chi connectivity index (χ2v) is 8.90. The summed E-state index contributed by atoms with van der Waals surface area (Å²) < 4.78 is 46.4. The highest BCUT2D eigenvalue weighted by Gasteiger charge is 2.22. The van der Waals surface area contributed by atoms with Crippen LogP contribution in [0.2, 0.25) is 0 Å². The number of hydrogen-bond acceptors (Lipinski definition) is 7. The topological polar surface area (TPSA) is 81.2 Å². The molecule has 0 fully saturated rings. The molecule has 1 N–H and O–H groups in total. The minimum Gasteiger partial charge on any atom is -0.495 e. The van der Waals surface area contributed by atoms with Crippen LogP contribution in [-0.4, -0.2) is 25.7 Å². The maximum Gasteiger partial charge on any atom is 0.267 e. The number of sulfonamides is 1. The van der Waals surface area contributed by atoms with E-state index < -0.39 is 15.8 Å². The molecule has 0 aliphatic rings. The van der Waals surface area contributed by atoms with Gasteiger partial charge in [0.25, 0.3) is 10.0 Å². The Morgan fingerprint density at radius 1 is 1.19 bits per heavy atom. The van der Waals surface area contributed by atoms with Crippen molar-refractivity contribution in [2.75, 3.05) is 11.8 Å². The van der Waals surface area contributed by atoms with E-state index in [1.54, 1.807) is 0 Å². The fourth-order valence-corrected chi connectivity index (χ4v) is 5.18. The minimum absolute atomic E-state index is 0.0436. The molecule has 1 aromatic heterocycles. The Balaban J connectivity index is 1.73. The molecule has 6 nitrogen and oxygen atoms in total. The average Bonchev–Trinajstić information content (AvgIpc) is 3.07. The second-order valence-electron chi connectivity index (χ2n) is 5.05. The maximum atomic E-state index is 13.4. The van der Waals surface area contributed by atoms with Crippen LogP contribution in [0.1, 0.15) is 5.56 Å². The summed E-state index contributed by atoms with van der Waals surface area (Å²) in [5.74, 6) is 0.0598. The van der Waals surface area contributed by atoms with E-state index in [1.165, 1.54) is 24.9 Å². The summed E-state index contributed by atoms with van der Waals surface area (Å²) in [6, 6.07) is 13.1. The van der Waals surface area contributed by atoms with E-state index >= 15 is 0 Å². The first-order valence-corrected chi connectivity index (χ1v) is 10.6.